The number of nitrogens with zero attached hydrogens (tertiary/aromatic N) is 1. The van der Waals surface area contributed by atoms with Crippen LogP contribution in [0.5, 0.6) is 0 Å². The number of nitrogens with one attached hydrogen (secondary N) is 2. The maximum absolute atomic E-state index is 13.5. The van der Waals surface area contributed by atoms with Gasteiger partial charge in [0.25, 0.3) is 0 Å². The Kier molecular flexibility index (Phi) is 4.57. The lowest BCUT2D eigenvalue weighted by Gasteiger charge is -2.31. The Morgan fingerprint density at radius 2 is 1.87 bits per heavy atom. The van der Waals surface area contributed by atoms with E-state index in [1.807, 2.05) is 35.2 Å². The Bertz CT molecular complexity index is 696. The van der Waals surface area contributed by atoms with E-state index < -0.39 is 0 Å². The van der Waals surface area contributed by atoms with Gasteiger partial charge >= 0.3 is 0 Å². The lowest BCUT2D eigenvalue weighted by molar-refractivity contribution is 0.109. The third-order valence-electron chi connectivity index (χ3n) is 4.10. The average Bonchev–Trinajstić information content (AvgIpc) is 2.56. The third kappa shape index (κ3) is 3.68. The number of guanidine groups is 1. The van der Waals surface area contributed by atoms with Gasteiger partial charge in [-0.3, -0.25) is 5.41 Å². The van der Waals surface area contributed by atoms with Crippen molar-refractivity contribution >= 4 is 11.6 Å². The molecule has 2 aromatic rings. The quantitative estimate of drug-likeness (QED) is 0.589. The van der Waals surface area contributed by atoms with Crippen LogP contribution in [0, 0.1) is 11.2 Å². The van der Waals surface area contributed by atoms with Gasteiger partial charge in [-0.15, -0.1) is 0 Å². The average molecular weight is 313 g/mol. The normalized spacial score (nSPS) is 15.5. The molecule has 2 aromatic carbocycles. The number of piperidine rings is 1. The van der Waals surface area contributed by atoms with Crippen LogP contribution >= 0.6 is 0 Å². The number of para-hydroxylation sites is 1. The standard InChI is InChI=1S/C18H20FN3O/c19-14-5-3-4-13(12-14)16-6-1-2-7-17(16)21-18(20)22-10-8-15(23)9-11-22/h1-7,12,15,23H,8-11H2,(H2,20,21). The number of hydrogen-bond acceptors (Lipinski definition) is 2. The second-order valence-electron chi connectivity index (χ2n) is 5.75. The van der Waals surface area contributed by atoms with Gasteiger partial charge in [0.1, 0.15) is 5.82 Å². The van der Waals surface area contributed by atoms with E-state index >= 15 is 0 Å². The number of halogens is 1. The van der Waals surface area contributed by atoms with E-state index in [-0.39, 0.29) is 11.9 Å². The minimum atomic E-state index is -0.280. The lowest BCUT2D eigenvalue weighted by atomic mass is 10.0. The second kappa shape index (κ2) is 6.79. The molecule has 0 spiro atoms. The molecule has 1 fully saturated rings. The molecule has 0 atom stereocenters. The van der Waals surface area contributed by atoms with Gasteiger partial charge in [0, 0.05) is 24.3 Å². The Morgan fingerprint density at radius 1 is 1.13 bits per heavy atom. The first-order valence-electron chi connectivity index (χ1n) is 7.77. The zero-order chi connectivity index (χ0) is 16.2. The Morgan fingerprint density at radius 3 is 2.61 bits per heavy atom. The number of aliphatic hydroxyl groups excluding tert-OH is 1. The molecule has 1 saturated heterocycles. The van der Waals surface area contributed by atoms with Gasteiger partial charge in [-0.2, -0.15) is 0 Å². The van der Waals surface area contributed by atoms with Gasteiger partial charge in [0.05, 0.1) is 6.10 Å². The summed E-state index contributed by atoms with van der Waals surface area (Å²) in [6.45, 7) is 1.32. The first-order valence-corrected chi connectivity index (χ1v) is 7.77. The highest BCUT2D eigenvalue weighted by atomic mass is 19.1. The zero-order valence-electron chi connectivity index (χ0n) is 12.8. The van der Waals surface area contributed by atoms with E-state index in [1.54, 1.807) is 6.07 Å². The number of benzene rings is 2. The summed E-state index contributed by atoms with van der Waals surface area (Å²) in [4.78, 5) is 1.91. The molecule has 1 aliphatic heterocycles. The fourth-order valence-electron chi connectivity index (χ4n) is 2.80. The maximum atomic E-state index is 13.5. The Balaban J connectivity index is 1.79. The lowest BCUT2D eigenvalue weighted by Crippen LogP contribution is -2.42. The van der Waals surface area contributed by atoms with E-state index in [0.29, 0.717) is 31.9 Å². The number of likely N-dealkylation sites (tertiary alicyclic amines) is 1. The molecule has 3 rings (SSSR count). The van der Waals surface area contributed by atoms with Gasteiger partial charge in [-0.25, -0.2) is 4.39 Å². The number of hydrogen-bond donors (Lipinski definition) is 3. The smallest absolute Gasteiger partial charge is 0.195 e. The predicted octanol–water partition coefficient (Wildman–Crippen LogP) is 3.30. The molecule has 1 aliphatic rings. The first kappa shape index (κ1) is 15.5. The van der Waals surface area contributed by atoms with Crippen LogP contribution in [0.4, 0.5) is 10.1 Å². The summed E-state index contributed by atoms with van der Waals surface area (Å²) in [5.74, 6) is 0.0261. The van der Waals surface area contributed by atoms with Gasteiger partial charge in [0.15, 0.2) is 5.96 Å². The molecule has 0 saturated carbocycles. The van der Waals surface area contributed by atoms with Crippen LogP contribution in [0.2, 0.25) is 0 Å². The second-order valence-corrected chi connectivity index (χ2v) is 5.75. The van der Waals surface area contributed by atoms with Crippen LogP contribution in [-0.2, 0) is 0 Å². The van der Waals surface area contributed by atoms with Crippen molar-refractivity contribution in [3.8, 4) is 11.1 Å². The van der Waals surface area contributed by atoms with E-state index in [9.17, 15) is 9.50 Å². The number of rotatable bonds is 2. The minimum absolute atomic E-state index is 0.265. The van der Waals surface area contributed by atoms with Crippen molar-refractivity contribution in [3.63, 3.8) is 0 Å². The van der Waals surface area contributed by atoms with Gasteiger partial charge < -0.3 is 15.3 Å². The Labute approximate surface area is 135 Å². The van der Waals surface area contributed by atoms with Crippen molar-refractivity contribution in [2.75, 3.05) is 18.4 Å². The fourth-order valence-corrected chi connectivity index (χ4v) is 2.80. The predicted molar refractivity (Wildman–Crippen MR) is 90.0 cm³/mol. The van der Waals surface area contributed by atoms with Crippen LogP contribution in [0.15, 0.2) is 48.5 Å². The summed E-state index contributed by atoms with van der Waals surface area (Å²) < 4.78 is 13.5. The van der Waals surface area contributed by atoms with Crippen LogP contribution in [-0.4, -0.2) is 35.2 Å². The molecule has 0 aromatic heterocycles. The van der Waals surface area contributed by atoms with Crippen LogP contribution in [0.1, 0.15) is 12.8 Å². The molecular formula is C18H20FN3O. The molecule has 0 bridgehead atoms. The number of anilines is 1. The molecule has 23 heavy (non-hydrogen) atoms. The van der Waals surface area contributed by atoms with Crippen molar-refractivity contribution in [1.29, 1.82) is 5.41 Å². The first-order chi connectivity index (χ1) is 11.1. The minimum Gasteiger partial charge on any atom is -0.393 e. The third-order valence-corrected chi connectivity index (χ3v) is 4.10. The largest absolute Gasteiger partial charge is 0.393 e. The summed E-state index contributed by atoms with van der Waals surface area (Å²) in [5, 5.41) is 20.9. The molecule has 120 valence electrons. The monoisotopic (exact) mass is 313 g/mol. The summed E-state index contributed by atoms with van der Waals surface area (Å²) in [6, 6.07) is 14.0. The molecule has 5 heteroatoms. The number of aliphatic hydroxyl groups is 1. The molecule has 0 unspecified atom stereocenters. The van der Waals surface area contributed by atoms with Crippen LogP contribution < -0.4 is 5.32 Å². The molecule has 0 amide bonds. The fraction of sp³-hybridized carbons (Fsp3) is 0.278. The highest BCUT2D eigenvalue weighted by molar-refractivity contribution is 5.95. The molecule has 1 heterocycles. The highest BCUT2D eigenvalue weighted by Crippen LogP contribution is 2.28. The van der Waals surface area contributed by atoms with E-state index in [2.05, 4.69) is 5.32 Å². The molecular weight excluding hydrogens is 293 g/mol. The van der Waals surface area contributed by atoms with E-state index in [4.69, 9.17) is 5.41 Å². The molecule has 0 radical (unpaired) electrons. The summed E-state index contributed by atoms with van der Waals surface area (Å²) in [6.07, 6.45) is 1.09. The highest BCUT2D eigenvalue weighted by Gasteiger charge is 2.19. The van der Waals surface area contributed by atoms with E-state index in [0.717, 1.165) is 16.8 Å². The molecule has 0 aliphatic carbocycles. The van der Waals surface area contributed by atoms with Crippen molar-refractivity contribution in [2.24, 2.45) is 0 Å². The zero-order valence-corrected chi connectivity index (χ0v) is 12.8. The van der Waals surface area contributed by atoms with Crippen molar-refractivity contribution in [1.82, 2.24) is 4.90 Å². The molecule has 3 N–H and O–H groups in total. The van der Waals surface area contributed by atoms with Crippen LogP contribution in [0.25, 0.3) is 11.1 Å². The maximum Gasteiger partial charge on any atom is 0.195 e. The summed E-state index contributed by atoms with van der Waals surface area (Å²) in [7, 11) is 0. The Hall–Kier alpha value is -2.40. The van der Waals surface area contributed by atoms with Gasteiger partial charge in [0.2, 0.25) is 0 Å². The van der Waals surface area contributed by atoms with Gasteiger partial charge in [-0.05, 0) is 36.6 Å². The SMILES string of the molecule is N=C(Nc1ccccc1-c1cccc(F)c1)N1CCC(O)CC1. The summed E-state index contributed by atoms with van der Waals surface area (Å²) in [5.41, 5.74) is 2.40. The van der Waals surface area contributed by atoms with E-state index in [1.165, 1.54) is 12.1 Å². The van der Waals surface area contributed by atoms with Crippen molar-refractivity contribution in [2.45, 2.75) is 18.9 Å². The topological polar surface area (TPSA) is 59.4 Å². The van der Waals surface area contributed by atoms with Gasteiger partial charge in [-0.1, -0.05) is 30.3 Å². The summed E-state index contributed by atoms with van der Waals surface area (Å²) >= 11 is 0. The van der Waals surface area contributed by atoms with Crippen molar-refractivity contribution < 1.29 is 9.50 Å². The van der Waals surface area contributed by atoms with Crippen molar-refractivity contribution in [3.05, 3.63) is 54.3 Å². The molecule has 4 nitrogen and oxygen atoms in total. The van der Waals surface area contributed by atoms with Crippen LogP contribution in [0.3, 0.4) is 0 Å².